The van der Waals surface area contributed by atoms with Gasteiger partial charge in [-0.2, -0.15) is 5.10 Å². The number of carbonyl (C=O) groups is 1. The molecule has 1 amide bonds. The van der Waals surface area contributed by atoms with Gasteiger partial charge in [-0.25, -0.2) is 0 Å². The van der Waals surface area contributed by atoms with Crippen LogP contribution in [0.5, 0.6) is 0 Å². The Bertz CT molecular complexity index is 367. The fourth-order valence-electron chi connectivity index (χ4n) is 1.65. The molecule has 0 aromatic carbocycles. The molecule has 5 heteroatoms. The number of hydrogen-bond donors (Lipinski definition) is 2. The average Bonchev–Trinajstić information content (AvgIpc) is 3.00. The van der Waals surface area contributed by atoms with Gasteiger partial charge in [-0.3, -0.25) is 9.48 Å². The fourth-order valence-corrected chi connectivity index (χ4v) is 1.65. The summed E-state index contributed by atoms with van der Waals surface area (Å²) in [4.78, 5) is 11.1. The minimum Gasteiger partial charge on any atom is -0.322 e. The molecular weight excluding hydrogens is 192 g/mol. The van der Waals surface area contributed by atoms with E-state index in [0.717, 1.165) is 6.54 Å². The third-order valence-electron chi connectivity index (χ3n) is 2.56. The van der Waals surface area contributed by atoms with Crippen molar-refractivity contribution >= 4 is 11.7 Å². The number of nitrogens with one attached hydrogen (secondary N) is 1. The van der Waals surface area contributed by atoms with Crippen molar-refractivity contribution in [2.75, 3.05) is 11.9 Å². The van der Waals surface area contributed by atoms with E-state index in [1.54, 1.807) is 0 Å². The zero-order valence-corrected chi connectivity index (χ0v) is 8.86. The number of nitrogens with two attached hydrogens (primary N) is 1. The van der Waals surface area contributed by atoms with Crippen molar-refractivity contribution in [2.45, 2.75) is 32.2 Å². The molecule has 1 fully saturated rings. The lowest BCUT2D eigenvalue weighted by atomic mass is 10.3. The lowest BCUT2D eigenvalue weighted by Crippen LogP contribution is -2.22. The Morgan fingerprint density at radius 2 is 2.47 bits per heavy atom. The second kappa shape index (κ2) is 4.02. The van der Waals surface area contributed by atoms with Crippen LogP contribution in [0.3, 0.4) is 0 Å². The van der Waals surface area contributed by atoms with Crippen molar-refractivity contribution in [1.29, 1.82) is 0 Å². The van der Waals surface area contributed by atoms with Crippen LogP contribution in [-0.2, 0) is 11.3 Å². The molecule has 1 aliphatic carbocycles. The summed E-state index contributed by atoms with van der Waals surface area (Å²) >= 11 is 0. The zero-order chi connectivity index (χ0) is 10.8. The lowest BCUT2D eigenvalue weighted by molar-refractivity contribution is -0.114. The smallest absolute Gasteiger partial charge is 0.239 e. The van der Waals surface area contributed by atoms with Crippen LogP contribution in [-0.4, -0.2) is 22.2 Å². The molecule has 1 aromatic heterocycles. The topological polar surface area (TPSA) is 72.9 Å². The van der Waals surface area contributed by atoms with E-state index >= 15 is 0 Å². The Kier molecular flexibility index (Phi) is 2.73. The molecule has 0 saturated heterocycles. The maximum Gasteiger partial charge on any atom is 0.239 e. The van der Waals surface area contributed by atoms with Gasteiger partial charge in [-0.1, -0.05) is 0 Å². The van der Waals surface area contributed by atoms with E-state index in [1.165, 1.54) is 18.5 Å². The molecule has 82 valence electrons. The van der Waals surface area contributed by atoms with Crippen molar-refractivity contribution in [3.63, 3.8) is 0 Å². The highest BCUT2D eigenvalue weighted by Crippen LogP contribution is 2.40. The van der Waals surface area contributed by atoms with Crippen LogP contribution in [0, 0.1) is 0 Å². The largest absolute Gasteiger partial charge is 0.322 e. The zero-order valence-electron chi connectivity index (χ0n) is 8.86. The number of carbonyl (C=O) groups excluding carboxylic acids is 1. The van der Waals surface area contributed by atoms with Crippen LogP contribution in [0.25, 0.3) is 0 Å². The molecular formula is C10H16N4O. The Hall–Kier alpha value is -1.36. The second-order valence-electron chi connectivity index (χ2n) is 3.80. The fraction of sp³-hybridized carbons (Fsp3) is 0.600. The van der Waals surface area contributed by atoms with E-state index in [4.69, 9.17) is 5.73 Å². The number of aryl methyl sites for hydroxylation is 1. The third kappa shape index (κ3) is 2.18. The predicted molar refractivity (Wildman–Crippen MR) is 57.6 cm³/mol. The minimum atomic E-state index is -0.196. The van der Waals surface area contributed by atoms with Crippen LogP contribution in [0.1, 0.15) is 31.4 Å². The molecule has 1 aromatic rings. The highest BCUT2D eigenvalue weighted by molar-refractivity contribution is 5.91. The van der Waals surface area contributed by atoms with E-state index in [0.29, 0.717) is 11.7 Å². The van der Waals surface area contributed by atoms with E-state index in [2.05, 4.69) is 10.4 Å². The number of rotatable bonds is 4. The van der Waals surface area contributed by atoms with Gasteiger partial charge in [0, 0.05) is 24.2 Å². The maximum absolute atomic E-state index is 11.1. The van der Waals surface area contributed by atoms with Gasteiger partial charge in [0.25, 0.3) is 0 Å². The summed E-state index contributed by atoms with van der Waals surface area (Å²) in [5.41, 5.74) is 6.45. The monoisotopic (exact) mass is 208 g/mol. The van der Waals surface area contributed by atoms with E-state index in [9.17, 15) is 4.79 Å². The van der Waals surface area contributed by atoms with Gasteiger partial charge in [-0.15, -0.1) is 0 Å². The first-order valence-electron chi connectivity index (χ1n) is 5.32. The molecule has 0 radical (unpaired) electrons. The molecule has 5 nitrogen and oxygen atoms in total. The van der Waals surface area contributed by atoms with Crippen molar-refractivity contribution < 1.29 is 4.79 Å². The molecule has 2 rings (SSSR count). The van der Waals surface area contributed by atoms with E-state index < -0.39 is 0 Å². The van der Waals surface area contributed by atoms with Crippen LogP contribution in [0.15, 0.2) is 6.07 Å². The van der Waals surface area contributed by atoms with Crippen LogP contribution in [0.4, 0.5) is 5.82 Å². The normalized spacial score (nSPS) is 15.3. The van der Waals surface area contributed by atoms with Crippen molar-refractivity contribution in [3.05, 3.63) is 11.8 Å². The SMILES string of the molecule is CCn1nc(NC(=O)CN)cc1C1CC1. The van der Waals surface area contributed by atoms with Crippen LogP contribution < -0.4 is 11.1 Å². The molecule has 1 saturated carbocycles. The highest BCUT2D eigenvalue weighted by Gasteiger charge is 2.27. The maximum atomic E-state index is 11.1. The van der Waals surface area contributed by atoms with Crippen molar-refractivity contribution in [3.8, 4) is 0 Å². The molecule has 1 aliphatic rings. The average molecular weight is 208 g/mol. The Balaban J connectivity index is 2.15. The van der Waals surface area contributed by atoms with Crippen molar-refractivity contribution in [1.82, 2.24) is 9.78 Å². The highest BCUT2D eigenvalue weighted by atomic mass is 16.1. The quantitative estimate of drug-likeness (QED) is 0.764. The molecule has 0 unspecified atom stereocenters. The Morgan fingerprint density at radius 3 is 3.00 bits per heavy atom. The van der Waals surface area contributed by atoms with Gasteiger partial charge in [0.05, 0.1) is 6.54 Å². The van der Waals surface area contributed by atoms with Gasteiger partial charge in [0.1, 0.15) is 0 Å². The van der Waals surface area contributed by atoms with E-state index in [-0.39, 0.29) is 12.5 Å². The number of nitrogens with zero attached hydrogens (tertiary/aromatic N) is 2. The summed E-state index contributed by atoms with van der Waals surface area (Å²) in [5, 5.41) is 6.98. The molecule has 15 heavy (non-hydrogen) atoms. The first kappa shape index (κ1) is 10.2. The van der Waals surface area contributed by atoms with Crippen molar-refractivity contribution in [2.24, 2.45) is 5.73 Å². The summed E-state index contributed by atoms with van der Waals surface area (Å²) in [6.07, 6.45) is 2.46. The molecule has 0 aliphatic heterocycles. The number of aromatic nitrogens is 2. The number of amides is 1. The Labute approximate surface area is 88.6 Å². The predicted octanol–water partition coefficient (Wildman–Crippen LogP) is 0.678. The van der Waals surface area contributed by atoms with Gasteiger partial charge in [-0.05, 0) is 19.8 Å². The molecule has 0 bridgehead atoms. The van der Waals surface area contributed by atoms with Crippen LogP contribution >= 0.6 is 0 Å². The summed E-state index contributed by atoms with van der Waals surface area (Å²) in [7, 11) is 0. The molecule has 0 atom stereocenters. The van der Waals surface area contributed by atoms with E-state index in [1.807, 2.05) is 17.7 Å². The van der Waals surface area contributed by atoms with Crippen LogP contribution in [0.2, 0.25) is 0 Å². The van der Waals surface area contributed by atoms with Gasteiger partial charge < -0.3 is 11.1 Å². The summed E-state index contributed by atoms with van der Waals surface area (Å²) in [5.74, 6) is 1.06. The number of hydrogen-bond acceptors (Lipinski definition) is 3. The summed E-state index contributed by atoms with van der Waals surface area (Å²) in [6, 6.07) is 1.95. The van der Waals surface area contributed by atoms with Gasteiger partial charge >= 0.3 is 0 Å². The third-order valence-corrected chi connectivity index (χ3v) is 2.56. The molecule has 3 N–H and O–H groups in total. The Morgan fingerprint density at radius 1 is 1.73 bits per heavy atom. The minimum absolute atomic E-state index is 0.00224. The second-order valence-corrected chi connectivity index (χ2v) is 3.80. The first-order chi connectivity index (χ1) is 7.24. The van der Waals surface area contributed by atoms with Gasteiger partial charge in [0.15, 0.2) is 5.82 Å². The molecule has 0 spiro atoms. The molecule has 1 heterocycles. The summed E-state index contributed by atoms with van der Waals surface area (Å²) in [6.45, 7) is 2.88. The lowest BCUT2D eigenvalue weighted by Gasteiger charge is -2.00. The standard InChI is InChI=1S/C10H16N4O/c1-2-14-8(7-3-4-7)5-9(13-14)12-10(15)6-11/h5,7H,2-4,6,11H2,1H3,(H,12,13,15). The summed E-state index contributed by atoms with van der Waals surface area (Å²) < 4.78 is 1.95. The van der Waals surface area contributed by atoms with Gasteiger partial charge in [0.2, 0.25) is 5.91 Å². The number of anilines is 1. The first-order valence-corrected chi connectivity index (χ1v) is 5.32.